The van der Waals surface area contributed by atoms with Gasteiger partial charge in [-0.1, -0.05) is 37.1 Å². The number of ether oxygens (including phenoxy) is 2. The summed E-state index contributed by atoms with van der Waals surface area (Å²) in [7, 11) is 0. The summed E-state index contributed by atoms with van der Waals surface area (Å²) < 4.78 is 10.8. The Morgan fingerprint density at radius 3 is 2.76 bits per heavy atom. The van der Waals surface area contributed by atoms with Crippen LogP contribution in [-0.2, 0) is 4.74 Å². The van der Waals surface area contributed by atoms with E-state index in [1.807, 2.05) is 24.3 Å². The summed E-state index contributed by atoms with van der Waals surface area (Å²) in [4.78, 5) is 16.3. The standard InChI is InChI=1S/C16H18ClNO3/c1-3-5-10-21-15-11-8-6-7-9-12(11)18-14(13(15)17)16(19)20-4-2/h6-9H,3-5,10H2,1-2H3. The van der Waals surface area contributed by atoms with E-state index in [-0.39, 0.29) is 17.3 Å². The van der Waals surface area contributed by atoms with E-state index in [2.05, 4.69) is 11.9 Å². The average molecular weight is 308 g/mol. The van der Waals surface area contributed by atoms with E-state index >= 15 is 0 Å². The fourth-order valence-corrected chi connectivity index (χ4v) is 2.23. The summed E-state index contributed by atoms with van der Waals surface area (Å²) in [6, 6.07) is 7.44. The van der Waals surface area contributed by atoms with Gasteiger partial charge in [-0.2, -0.15) is 0 Å². The molecule has 0 amide bonds. The molecule has 0 saturated heterocycles. The maximum Gasteiger partial charge on any atom is 0.358 e. The Balaban J connectivity index is 2.51. The van der Waals surface area contributed by atoms with E-state index in [1.54, 1.807) is 6.92 Å². The Kier molecular flexibility index (Phi) is 5.39. The molecule has 0 bridgehead atoms. The van der Waals surface area contributed by atoms with Crippen molar-refractivity contribution in [2.45, 2.75) is 26.7 Å². The molecule has 112 valence electrons. The molecule has 1 aromatic heterocycles. The predicted octanol–water partition coefficient (Wildman–Crippen LogP) is 4.24. The number of pyridine rings is 1. The highest BCUT2D eigenvalue weighted by Crippen LogP contribution is 2.35. The number of fused-ring (bicyclic) bond motifs is 1. The normalized spacial score (nSPS) is 10.6. The Hall–Kier alpha value is -1.81. The summed E-state index contributed by atoms with van der Waals surface area (Å²) in [6.45, 7) is 4.65. The van der Waals surface area contributed by atoms with Crippen LogP contribution >= 0.6 is 11.6 Å². The third-order valence-corrected chi connectivity index (χ3v) is 3.35. The van der Waals surface area contributed by atoms with E-state index in [9.17, 15) is 4.79 Å². The number of carbonyl (C=O) groups excluding carboxylic acids is 1. The van der Waals surface area contributed by atoms with E-state index < -0.39 is 5.97 Å². The summed E-state index contributed by atoms with van der Waals surface area (Å²) in [5.74, 6) is -0.0348. The minimum absolute atomic E-state index is 0.101. The van der Waals surface area contributed by atoms with Crippen LogP contribution in [0.3, 0.4) is 0 Å². The highest BCUT2D eigenvalue weighted by atomic mass is 35.5. The maximum absolute atomic E-state index is 12.0. The minimum Gasteiger partial charge on any atom is -0.491 e. The maximum atomic E-state index is 12.0. The molecule has 4 nitrogen and oxygen atoms in total. The largest absolute Gasteiger partial charge is 0.491 e. The summed E-state index contributed by atoms with van der Waals surface area (Å²) in [5.41, 5.74) is 0.764. The van der Waals surface area contributed by atoms with Crippen molar-refractivity contribution >= 4 is 28.5 Å². The van der Waals surface area contributed by atoms with Gasteiger partial charge in [-0.05, 0) is 25.5 Å². The zero-order valence-corrected chi connectivity index (χ0v) is 12.9. The number of hydrogen-bond donors (Lipinski definition) is 0. The molecular weight excluding hydrogens is 290 g/mol. The van der Waals surface area contributed by atoms with Crippen molar-refractivity contribution in [1.29, 1.82) is 0 Å². The molecule has 21 heavy (non-hydrogen) atoms. The molecule has 0 spiro atoms. The van der Waals surface area contributed by atoms with E-state index in [0.717, 1.165) is 18.2 Å². The van der Waals surface area contributed by atoms with Gasteiger partial charge in [-0.15, -0.1) is 0 Å². The highest BCUT2D eigenvalue weighted by Gasteiger charge is 2.20. The molecular formula is C16H18ClNO3. The van der Waals surface area contributed by atoms with Gasteiger partial charge >= 0.3 is 5.97 Å². The second kappa shape index (κ2) is 7.27. The fraction of sp³-hybridized carbons (Fsp3) is 0.375. The van der Waals surface area contributed by atoms with Crippen LogP contribution in [-0.4, -0.2) is 24.2 Å². The molecule has 2 aromatic rings. The fourth-order valence-electron chi connectivity index (χ4n) is 1.95. The third-order valence-electron chi connectivity index (χ3n) is 3.00. The first-order valence-corrected chi connectivity index (χ1v) is 7.45. The van der Waals surface area contributed by atoms with Crippen molar-refractivity contribution in [2.75, 3.05) is 13.2 Å². The van der Waals surface area contributed by atoms with Gasteiger partial charge < -0.3 is 9.47 Å². The van der Waals surface area contributed by atoms with Gasteiger partial charge in [0.15, 0.2) is 5.69 Å². The molecule has 0 unspecified atom stereocenters. The second-order valence-corrected chi connectivity index (χ2v) is 4.92. The summed E-state index contributed by atoms with van der Waals surface area (Å²) in [5, 5.41) is 1.01. The van der Waals surface area contributed by atoms with Crippen LogP contribution in [0.2, 0.25) is 5.02 Å². The monoisotopic (exact) mass is 307 g/mol. The van der Waals surface area contributed by atoms with Crippen LogP contribution < -0.4 is 4.74 Å². The molecule has 1 aromatic carbocycles. The van der Waals surface area contributed by atoms with Gasteiger partial charge in [-0.25, -0.2) is 9.78 Å². The molecule has 0 aliphatic carbocycles. The number of unbranched alkanes of at least 4 members (excludes halogenated alkanes) is 1. The first kappa shape index (κ1) is 15.6. The Labute approximate surface area is 129 Å². The zero-order chi connectivity index (χ0) is 15.2. The molecule has 1 heterocycles. The van der Waals surface area contributed by atoms with Gasteiger partial charge in [0, 0.05) is 5.39 Å². The number of esters is 1. The molecule has 0 N–H and O–H groups in total. The van der Waals surface area contributed by atoms with E-state index in [1.165, 1.54) is 0 Å². The van der Waals surface area contributed by atoms with Gasteiger partial charge in [-0.3, -0.25) is 0 Å². The van der Waals surface area contributed by atoms with Gasteiger partial charge in [0.05, 0.1) is 18.7 Å². The van der Waals surface area contributed by atoms with Crippen molar-refractivity contribution in [3.63, 3.8) is 0 Å². The number of hydrogen-bond acceptors (Lipinski definition) is 4. The van der Waals surface area contributed by atoms with E-state index in [4.69, 9.17) is 21.1 Å². The first-order valence-electron chi connectivity index (χ1n) is 7.07. The van der Waals surface area contributed by atoms with Crippen molar-refractivity contribution in [3.05, 3.63) is 35.0 Å². The predicted molar refractivity (Wildman–Crippen MR) is 83.1 cm³/mol. The lowest BCUT2D eigenvalue weighted by atomic mass is 10.1. The number of benzene rings is 1. The Morgan fingerprint density at radius 2 is 2.05 bits per heavy atom. The zero-order valence-electron chi connectivity index (χ0n) is 12.2. The van der Waals surface area contributed by atoms with Crippen LogP contribution in [0, 0.1) is 0 Å². The topological polar surface area (TPSA) is 48.4 Å². The number of halogens is 1. The summed E-state index contributed by atoms with van der Waals surface area (Å²) >= 11 is 6.31. The molecule has 0 saturated carbocycles. The lowest BCUT2D eigenvalue weighted by Crippen LogP contribution is -2.10. The SMILES string of the molecule is CCCCOc1c(Cl)c(C(=O)OCC)nc2ccccc12. The number of para-hydroxylation sites is 1. The van der Waals surface area contributed by atoms with Crippen molar-refractivity contribution in [3.8, 4) is 5.75 Å². The average Bonchev–Trinajstić information content (AvgIpc) is 2.49. The second-order valence-electron chi connectivity index (χ2n) is 4.54. The minimum atomic E-state index is -0.534. The lowest BCUT2D eigenvalue weighted by Gasteiger charge is -2.13. The van der Waals surface area contributed by atoms with Crippen molar-refractivity contribution in [1.82, 2.24) is 4.98 Å². The van der Waals surface area contributed by atoms with Crippen LogP contribution in [0.25, 0.3) is 10.9 Å². The molecule has 0 fully saturated rings. The van der Waals surface area contributed by atoms with Crippen LogP contribution in [0.5, 0.6) is 5.75 Å². The summed E-state index contributed by atoms with van der Waals surface area (Å²) in [6.07, 6.45) is 1.94. The molecule has 0 radical (unpaired) electrons. The number of nitrogens with zero attached hydrogens (tertiary/aromatic N) is 1. The Bertz CT molecular complexity index is 643. The molecule has 5 heteroatoms. The van der Waals surface area contributed by atoms with Crippen LogP contribution in [0.1, 0.15) is 37.2 Å². The smallest absolute Gasteiger partial charge is 0.358 e. The van der Waals surface area contributed by atoms with Crippen LogP contribution in [0.15, 0.2) is 24.3 Å². The number of rotatable bonds is 6. The Morgan fingerprint density at radius 1 is 1.29 bits per heavy atom. The quantitative estimate of drug-likeness (QED) is 0.591. The molecule has 0 aliphatic heterocycles. The lowest BCUT2D eigenvalue weighted by molar-refractivity contribution is 0.0519. The van der Waals surface area contributed by atoms with Crippen molar-refractivity contribution in [2.24, 2.45) is 0 Å². The van der Waals surface area contributed by atoms with Crippen LogP contribution in [0.4, 0.5) is 0 Å². The number of aromatic nitrogens is 1. The first-order chi connectivity index (χ1) is 10.2. The molecule has 0 aliphatic rings. The van der Waals surface area contributed by atoms with E-state index in [0.29, 0.717) is 17.9 Å². The highest BCUT2D eigenvalue weighted by molar-refractivity contribution is 6.35. The van der Waals surface area contributed by atoms with Crippen molar-refractivity contribution < 1.29 is 14.3 Å². The molecule has 0 atom stereocenters. The van der Waals surface area contributed by atoms with Gasteiger partial charge in [0.1, 0.15) is 10.8 Å². The van der Waals surface area contributed by atoms with Gasteiger partial charge in [0.2, 0.25) is 0 Å². The third kappa shape index (κ3) is 3.45. The number of carbonyl (C=O) groups is 1. The van der Waals surface area contributed by atoms with Gasteiger partial charge in [0.25, 0.3) is 0 Å². The molecule has 2 rings (SSSR count).